The molecule has 0 spiro atoms. The van der Waals surface area contributed by atoms with Crippen LogP contribution in [0.25, 0.3) is 0 Å². The number of carbonyl (C=O) groups is 1. The number of methoxy groups -OCH3 is 1. The second-order valence-corrected chi connectivity index (χ2v) is 5.22. The Labute approximate surface area is 130 Å². The van der Waals surface area contributed by atoms with E-state index in [2.05, 4.69) is 36.5 Å². The molecular formula is C18H20N2O2. The Morgan fingerprint density at radius 3 is 2.32 bits per heavy atom. The van der Waals surface area contributed by atoms with Gasteiger partial charge >= 0.3 is 0 Å². The van der Waals surface area contributed by atoms with Crippen molar-refractivity contribution in [1.82, 2.24) is 5.43 Å². The van der Waals surface area contributed by atoms with Crippen molar-refractivity contribution in [3.8, 4) is 5.75 Å². The number of aryl methyl sites for hydroxylation is 3. The van der Waals surface area contributed by atoms with E-state index in [1.165, 1.54) is 11.1 Å². The van der Waals surface area contributed by atoms with Crippen LogP contribution in [0.3, 0.4) is 0 Å². The third-order valence-corrected chi connectivity index (χ3v) is 3.60. The van der Waals surface area contributed by atoms with E-state index in [0.29, 0.717) is 11.3 Å². The Morgan fingerprint density at radius 2 is 1.68 bits per heavy atom. The first-order valence-corrected chi connectivity index (χ1v) is 7.06. The van der Waals surface area contributed by atoms with Crippen molar-refractivity contribution in [3.63, 3.8) is 0 Å². The molecule has 0 heterocycles. The van der Waals surface area contributed by atoms with Crippen LogP contribution in [0.4, 0.5) is 0 Å². The molecule has 0 fully saturated rings. The lowest BCUT2D eigenvalue weighted by Gasteiger charge is -2.06. The zero-order valence-corrected chi connectivity index (χ0v) is 13.3. The molecule has 4 heteroatoms. The van der Waals surface area contributed by atoms with Crippen LogP contribution in [0.1, 0.15) is 32.6 Å². The third kappa shape index (κ3) is 3.73. The van der Waals surface area contributed by atoms with E-state index in [1.54, 1.807) is 37.6 Å². The van der Waals surface area contributed by atoms with Gasteiger partial charge in [-0.2, -0.15) is 5.10 Å². The molecule has 0 unspecified atom stereocenters. The lowest BCUT2D eigenvalue weighted by atomic mass is 10.0. The average molecular weight is 296 g/mol. The molecule has 0 saturated heterocycles. The first kappa shape index (κ1) is 15.8. The number of carbonyl (C=O) groups excluding carboxylic acids is 1. The van der Waals surface area contributed by atoms with Crippen molar-refractivity contribution in [2.45, 2.75) is 20.8 Å². The second-order valence-electron chi connectivity index (χ2n) is 5.22. The lowest BCUT2D eigenvalue weighted by Crippen LogP contribution is -2.17. The van der Waals surface area contributed by atoms with E-state index in [0.717, 1.165) is 11.1 Å². The minimum absolute atomic E-state index is 0.250. The Hall–Kier alpha value is -2.62. The van der Waals surface area contributed by atoms with E-state index in [4.69, 9.17) is 4.74 Å². The smallest absolute Gasteiger partial charge is 0.271 e. The number of nitrogens with one attached hydrogen (secondary N) is 1. The van der Waals surface area contributed by atoms with Crippen molar-refractivity contribution in [1.29, 1.82) is 0 Å². The Kier molecular flexibility index (Phi) is 4.94. The van der Waals surface area contributed by atoms with Crippen LogP contribution >= 0.6 is 0 Å². The van der Waals surface area contributed by atoms with Crippen LogP contribution in [0, 0.1) is 20.8 Å². The molecule has 0 aliphatic carbocycles. The quantitative estimate of drug-likeness (QED) is 0.694. The summed E-state index contributed by atoms with van der Waals surface area (Å²) in [6, 6.07) is 11.1. The molecule has 2 aromatic rings. The monoisotopic (exact) mass is 296 g/mol. The molecular weight excluding hydrogens is 276 g/mol. The number of benzene rings is 2. The molecule has 0 aliphatic rings. The lowest BCUT2D eigenvalue weighted by molar-refractivity contribution is 0.0955. The maximum absolute atomic E-state index is 12.0. The van der Waals surface area contributed by atoms with Gasteiger partial charge in [0, 0.05) is 5.56 Å². The van der Waals surface area contributed by atoms with Gasteiger partial charge in [0.2, 0.25) is 0 Å². The standard InChI is InChI=1S/C18H20N2O2/c1-12-9-14(3)16(10-13(12)2)11-19-20-18(21)15-5-7-17(22-4)8-6-15/h5-11H,1-4H3,(H,20,21)/b19-11-. The highest BCUT2D eigenvalue weighted by molar-refractivity contribution is 5.95. The van der Waals surface area contributed by atoms with Crippen LogP contribution in [0.5, 0.6) is 5.75 Å². The summed E-state index contributed by atoms with van der Waals surface area (Å²) in [5, 5.41) is 4.04. The molecule has 1 amide bonds. The molecule has 114 valence electrons. The number of hydrogen-bond donors (Lipinski definition) is 1. The number of nitrogens with zero attached hydrogens (tertiary/aromatic N) is 1. The van der Waals surface area contributed by atoms with E-state index < -0.39 is 0 Å². The molecule has 1 N–H and O–H groups in total. The minimum atomic E-state index is -0.250. The summed E-state index contributed by atoms with van der Waals surface area (Å²) >= 11 is 0. The number of hydrogen-bond acceptors (Lipinski definition) is 3. The molecule has 2 rings (SSSR count). The van der Waals surface area contributed by atoms with Gasteiger partial charge in [-0.1, -0.05) is 6.07 Å². The zero-order chi connectivity index (χ0) is 16.1. The van der Waals surface area contributed by atoms with Crippen molar-refractivity contribution in [2.75, 3.05) is 7.11 Å². The average Bonchev–Trinajstić information content (AvgIpc) is 2.52. The van der Waals surface area contributed by atoms with Crippen LogP contribution in [0.15, 0.2) is 41.5 Å². The summed E-state index contributed by atoms with van der Waals surface area (Å²) < 4.78 is 5.06. The topological polar surface area (TPSA) is 50.7 Å². The minimum Gasteiger partial charge on any atom is -0.497 e. The van der Waals surface area contributed by atoms with Crippen LogP contribution in [0.2, 0.25) is 0 Å². The first-order chi connectivity index (χ1) is 10.5. The van der Waals surface area contributed by atoms with Crippen molar-refractivity contribution in [2.24, 2.45) is 5.10 Å². The van der Waals surface area contributed by atoms with Crippen LogP contribution in [-0.2, 0) is 0 Å². The third-order valence-electron chi connectivity index (χ3n) is 3.60. The maximum Gasteiger partial charge on any atom is 0.271 e. The molecule has 22 heavy (non-hydrogen) atoms. The summed E-state index contributed by atoms with van der Waals surface area (Å²) in [6.45, 7) is 6.16. The second kappa shape index (κ2) is 6.89. The normalized spacial score (nSPS) is 10.7. The fourth-order valence-electron chi connectivity index (χ4n) is 2.09. The Balaban J connectivity index is 2.05. The van der Waals surface area contributed by atoms with Gasteiger partial charge in [-0.05, 0) is 73.4 Å². The Bertz CT molecular complexity index is 704. The van der Waals surface area contributed by atoms with Gasteiger partial charge < -0.3 is 4.74 Å². The molecule has 0 radical (unpaired) electrons. The predicted octanol–water partition coefficient (Wildman–Crippen LogP) is 3.38. The summed E-state index contributed by atoms with van der Waals surface area (Å²) in [5.74, 6) is 0.464. The highest BCUT2D eigenvalue weighted by Crippen LogP contribution is 2.14. The van der Waals surface area contributed by atoms with Crippen molar-refractivity contribution < 1.29 is 9.53 Å². The highest BCUT2D eigenvalue weighted by atomic mass is 16.5. The summed E-state index contributed by atoms with van der Waals surface area (Å²) in [4.78, 5) is 12.0. The fourth-order valence-corrected chi connectivity index (χ4v) is 2.09. The number of ether oxygens (including phenoxy) is 1. The van der Waals surface area contributed by atoms with Gasteiger partial charge in [0.15, 0.2) is 0 Å². The van der Waals surface area contributed by atoms with Gasteiger partial charge in [-0.25, -0.2) is 5.43 Å². The van der Waals surface area contributed by atoms with Crippen LogP contribution < -0.4 is 10.2 Å². The molecule has 4 nitrogen and oxygen atoms in total. The molecule has 0 saturated carbocycles. The SMILES string of the molecule is COc1ccc(C(=O)N/N=C\c2cc(C)c(C)cc2C)cc1. The van der Waals surface area contributed by atoms with Gasteiger partial charge in [-0.3, -0.25) is 4.79 Å². The Morgan fingerprint density at radius 1 is 1.05 bits per heavy atom. The predicted molar refractivity (Wildman–Crippen MR) is 88.7 cm³/mol. The van der Waals surface area contributed by atoms with Gasteiger partial charge in [0.05, 0.1) is 13.3 Å². The zero-order valence-electron chi connectivity index (χ0n) is 13.3. The fraction of sp³-hybridized carbons (Fsp3) is 0.222. The van der Waals surface area contributed by atoms with Crippen molar-refractivity contribution in [3.05, 3.63) is 64.2 Å². The molecule has 0 bridgehead atoms. The molecule has 0 aromatic heterocycles. The summed E-state index contributed by atoms with van der Waals surface area (Å²) in [5.41, 5.74) is 7.65. The van der Waals surface area contributed by atoms with E-state index in [-0.39, 0.29) is 5.91 Å². The van der Waals surface area contributed by atoms with E-state index >= 15 is 0 Å². The number of hydrazone groups is 1. The number of amides is 1. The number of rotatable bonds is 4. The van der Waals surface area contributed by atoms with E-state index in [9.17, 15) is 4.79 Å². The maximum atomic E-state index is 12.0. The van der Waals surface area contributed by atoms with Gasteiger partial charge in [0.25, 0.3) is 5.91 Å². The van der Waals surface area contributed by atoms with E-state index in [1.807, 2.05) is 6.92 Å². The highest BCUT2D eigenvalue weighted by Gasteiger charge is 2.04. The van der Waals surface area contributed by atoms with Gasteiger partial charge in [-0.15, -0.1) is 0 Å². The summed E-state index contributed by atoms with van der Waals surface area (Å²) in [7, 11) is 1.59. The molecule has 0 atom stereocenters. The first-order valence-electron chi connectivity index (χ1n) is 7.06. The molecule has 0 aliphatic heterocycles. The molecule has 2 aromatic carbocycles. The largest absolute Gasteiger partial charge is 0.497 e. The summed E-state index contributed by atoms with van der Waals surface area (Å²) in [6.07, 6.45) is 1.67. The van der Waals surface area contributed by atoms with Crippen LogP contribution in [-0.4, -0.2) is 19.2 Å². The van der Waals surface area contributed by atoms with Crippen molar-refractivity contribution >= 4 is 12.1 Å². The van der Waals surface area contributed by atoms with Gasteiger partial charge in [0.1, 0.15) is 5.75 Å².